The first kappa shape index (κ1) is 14.8. The van der Waals surface area contributed by atoms with Crippen LogP contribution in [0.4, 0.5) is 0 Å². The zero-order valence-electron chi connectivity index (χ0n) is 11.9. The van der Waals surface area contributed by atoms with E-state index < -0.39 is 23.4 Å². The lowest BCUT2D eigenvalue weighted by Crippen LogP contribution is -2.54. The van der Waals surface area contributed by atoms with Crippen LogP contribution in [0.5, 0.6) is 0 Å². The molecule has 0 radical (unpaired) electrons. The van der Waals surface area contributed by atoms with Gasteiger partial charge in [-0.2, -0.15) is 0 Å². The van der Waals surface area contributed by atoms with Crippen molar-refractivity contribution in [3.63, 3.8) is 0 Å². The Morgan fingerprint density at radius 3 is 2.75 bits per heavy atom. The Labute approximate surface area is 117 Å². The number of aliphatic hydroxyl groups excluding tert-OH is 1. The van der Waals surface area contributed by atoms with Crippen LogP contribution in [0.1, 0.15) is 26.7 Å². The van der Waals surface area contributed by atoms with Gasteiger partial charge in [0.2, 0.25) is 0 Å². The predicted molar refractivity (Wildman–Crippen MR) is 71.8 cm³/mol. The molecule has 0 aromatic carbocycles. The highest BCUT2D eigenvalue weighted by molar-refractivity contribution is 5.94. The molecule has 2 N–H and O–H groups in total. The van der Waals surface area contributed by atoms with Gasteiger partial charge in [-0.25, -0.2) is 0 Å². The minimum atomic E-state index is -0.969. The molecule has 0 bridgehead atoms. The summed E-state index contributed by atoms with van der Waals surface area (Å²) in [5, 5.41) is 19.7. The Bertz CT molecular complexity index is 504. The van der Waals surface area contributed by atoms with Crippen LogP contribution < -0.4 is 0 Å². The van der Waals surface area contributed by atoms with Crippen molar-refractivity contribution >= 4 is 11.8 Å². The van der Waals surface area contributed by atoms with Gasteiger partial charge in [0.15, 0.2) is 5.78 Å². The molecule has 4 atom stereocenters. The third-order valence-electron chi connectivity index (χ3n) is 4.83. The summed E-state index contributed by atoms with van der Waals surface area (Å²) in [7, 11) is 1.41. The fourth-order valence-corrected chi connectivity index (χ4v) is 3.59. The second-order valence-corrected chi connectivity index (χ2v) is 5.81. The lowest BCUT2D eigenvalue weighted by molar-refractivity contribution is -0.145. The maximum atomic E-state index is 12.2. The van der Waals surface area contributed by atoms with E-state index >= 15 is 0 Å². The van der Waals surface area contributed by atoms with Gasteiger partial charge in [0.1, 0.15) is 11.9 Å². The Hall–Kier alpha value is -1.62. The number of aliphatic carboxylic acids is 1. The molecular formula is C15H20O5. The molecule has 5 nitrogen and oxygen atoms in total. The molecule has 110 valence electrons. The van der Waals surface area contributed by atoms with E-state index in [0.717, 1.165) is 5.57 Å². The maximum Gasteiger partial charge on any atom is 0.303 e. The van der Waals surface area contributed by atoms with Crippen molar-refractivity contribution in [2.75, 3.05) is 7.11 Å². The van der Waals surface area contributed by atoms with Crippen LogP contribution >= 0.6 is 0 Å². The molecule has 2 rings (SSSR count). The largest absolute Gasteiger partial charge is 0.498 e. The van der Waals surface area contributed by atoms with Gasteiger partial charge in [0.05, 0.1) is 13.5 Å². The highest BCUT2D eigenvalue weighted by Gasteiger charge is 2.55. The number of carbonyl (C=O) groups is 2. The molecule has 5 heteroatoms. The number of methoxy groups -OCH3 is 1. The molecule has 2 aliphatic rings. The summed E-state index contributed by atoms with van der Waals surface area (Å²) in [5.74, 6) is -1.59. The average molecular weight is 280 g/mol. The third kappa shape index (κ3) is 2.06. The van der Waals surface area contributed by atoms with Gasteiger partial charge in [-0.1, -0.05) is 18.6 Å². The molecule has 0 aliphatic heterocycles. The molecule has 0 saturated heterocycles. The number of ketones is 1. The Kier molecular flexibility index (Phi) is 3.73. The lowest BCUT2D eigenvalue weighted by atomic mass is 9.54. The molecule has 0 aromatic heterocycles. The summed E-state index contributed by atoms with van der Waals surface area (Å²) in [6.45, 7) is 3.65. The van der Waals surface area contributed by atoms with Gasteiger partial charge in [0, 0.05) is 17.4 Å². The number of rotatable bonds is 3. The molecule has 2 aliphatic carbocycles. The molecule has 0 saturated carbocycles. The number of hydrogen-bond acceptors (Lipinski definition) is 4. The molecule has 0 spiro atoms. The molecule has 0 heterocycles. The van der Waals surface area contributed by atoms with E-state index in [2.05, 4.69) is 0 Å². The summed E-state index contributed by atoms with van der Waals surface area (Å²) in [6.07, 6.45) is 2.71. The van der Waals surface area contributed by atoms with Crippen molar-refractivity contribution in [1.82, 2.24) is 0 Å². The summed E-state index contributed by atoms with van der Waals surface area (Å²) in [6, 6.07) is 0. The van der Waals surface area contributed by atoms with Crippen LogP contribution in [-0.2, 0) is 14.3 Å². The number of ether oxygens (including phenoxy) is 1. The third-order valence-corrected chi connectivity index (χ3v) is 4.83. The van der Waals surface area contributed by atoms with Crippen LogP contribution in [-0.4, -0.2) is 35.2 Å². The van der Waals surface area contributed by atoms with E-state index in [-0.39, 0.29) is 23.9 Å². The first-order valence-electron chi connectivity index (χ1n) is 6.68. The fraction of sp³-hybridized carbons (Fsp3) is 0.600. The highest BCUT2D eigenvalue weighted by Crippen LogP contribution is 2.53. The lowest BCUT2D eigenvalue weighted by Gasteiger charge is -2.50. The van der Waals surface area contributed by atoms with Crippen LogP contribution in [0.2, 0.25) is 0 Å². The molecule has 0 aromatic rings. The number of carboxylic acids is 1. The van der Waals surface area contributed by atoms with Crippen LogP contribution in [0.3, 0.4) is 0 Å². The van der Waals surface area contributed by atoms with Crippen molar-refractivity contribution in [3.8, 4) is 0 Å². The normalized spacial score (nSPS) is 36.8. The molecule has 0 amide bonds. The van der Waals surface area contributed by atoms with Gasteiger partial charge < -0.3 is 14.9 Å². The van der Waals surface area contributed by atoms with Crippen LogP contribution in [0.25, 0.3) is 0 Å². The first-order chi connectivity index (χ1) is 9.32. The molecule has 20 heavy (non-hydrogen) atoms. The summed E-state index contributed by atoms with van der Waals surface area (Å²) in [5.41, 5.74) is 0.0735. The van der Waals surface area contributed by atoms with Crippen LogP contribution in [0.15, 0.2) is 23.5 Å². The Balaban J connectivity index is 2.51. The number of carbonyl (C=O) groups excluding carboxylic acids is 1. The monoisotopic (exact) mass is 280 g/mol. The van der Waals surface area contributed by atoms with E-state index in [1.807, 2.05) is 13.0 Å². The van der Waals surface area contributed by atoms with Gasteiger partial charge in [-0.3, -0.25) is 9.59 Å². The standard InChI is InChI=1S/C15H20O5/c1-8-4-5-9-11(16)7-12(20-3)14(19)15(9,2)10(8)6-13(17)18/h4,7,9-10,14,19H,5-6H2,1-3H3,(H,17,18)/t9-,10+,14+,15-/m0/s1. The van der Waals surface area contributed by atoms with E-state index in [4.69, 9.17) is 9.84 Å². The Morgan fingerprint density at radius 1 is 1.55 bits per heavy atom. The van der Waals surface area contributed by atoms with Crippen molar-refractivity contribution in [1.29, 1.82) is 0 Å². The van der Waals surface area contributed by atoms with Gasteiger partial charge in [0.25, 0.3) is 0 Å². The van der Waals surface area contributed by atoms with Gasteiger partial charge in [-0.05, 0) is 19.3 Å². The number of aliphatic hydroxyl groups is 1. The van der Waals surface area contributed by atoms with Crippen molar-refractivity contribution in [2.45, 2.75) is 32.8 Å². The van der Waals surface area contributed by atoms with Crippen molar-refractivity contribution < 1.29 is 24.5 Å². The zero-order chi connectivity index (χ0) is 15.1. The van der Waals surface area contributed by atoms with E-state index in [9.17, 15) is 14.7 Å². The average Bonchev–Trinajstić information content (AvgIpc) is 2.38. The molecular weight excluding hydrogens is 260 g/mol. The van der Waals surface area contributed by atoms with E-state index in [1.54, 1.807) is 6.92 Å². The minimum Gasteiger partial charge on any atom is -0.498 e. The molecule has 0 fully saturated rings. The van der Waals surface area contributed by atoms with E-state index in [1.165, 1.54) is 13.2 Å². The molecule has 0 unspecified atom stereocenters. The van der Waals surface area contributed by atoms with E-state index in [0.29, 0.717) is 6.42 Å². The van der Waals surface area contributed by atoms with Crippen LogP contribution in [0, 0.1) is 17.3 Å². The smallest absolute Gasteiger partial charge is 0.303 e. The van der Waals surface area contributed by atoms with Gasteiger partial charge in [-0.15, -0.1) is 0 Å². The number of hydrogen-bond donors (Lipinski definition) is 2. The Morgan fingerprint density at radius 2 is 2.20 bits per heavy atom. The number of carboxylic acid groups (broad SMARTS) is 1. The topological polar surface area (TPSA) is 83.8 Å². The zero-order valence-corrected chi connectivity index (χ0v) is 11.9. The quantitative estimate of drug-likeness (QED) is 0.766. The SMILES string of the molecule is COC1=CC(=O)[C@@H]2CC=C(C)[C@@H](CC(=O)O)[C@@]2(C)[C@@H]1O. The highest BCUT2D eigenvalue weighted by atomic mass is 16.5. The first-order valence-corrected chi connectivity index (χ1v) is 6.68. The van der Waals surface area contributed by atoms with Gasteiger partial charge >= 0.3 is 5.97 Å². The second-order valence-electron chi connectivity index (χ2n) is 5.81. The summed E-state index contributed by atoms with van der Waals surface area (Å²) >= 11 is 0. The maximum absolute atomic E-state index is 12.2. The second kappa shape index (κ2) is 5.05. The number of fused-ring (bicyclic) bond motifs is 1. The van der Waals surface area contributed by atoms with Crippen molar-refractivity contribution in [3.05, 3.63) is 23.5 Å². The summed E-state index contributed by atoms with van der Waals surface area (Å²) in [4.78, 5) is 23.4. The predicted octanol–water partition coefficient (Wildman–Crippen LogP) is 1.52. The fourth-order valence-electron chi connectivity index (χ4n) is 3.59. The number of allylic oxidation sites excluding steroid dienone is 3. The minimum absolute atomic E-state index is 0.101. The summed E-state index contributed by atoms with van der Waals surface area (Å²) < 4.78 is 5.10. The van der Waals surface area contributed by atoms with Crippen molar-refractivity contribution in [2.24, 2.45) is 17.3 Å².